The van der Waals surface area contributed by atoms with Crippen LogP contribution in [0.15, 0.2) is 18.2 Å². The van der Waals surface area contributed by atoms with Crippen molar-refractivity contribution in [1.29, 1.82) is 0 Å². The van der Waals surface area contributed by atoms with E-state index in [4.69, 9.17) is 18.9 Å². The molecule has 1 aromatic rings. The third-order valence-corrected chi connectivity index (χ3v) is 5.53. The van der Waals surface area contributed by atoms with Crippen molar-refractivity contribution in [3.63, 3.8) is 0 Å². The average molecular weight is 398 g/mol. The van der Waals surface area contributed by atoms with Crippen LogP contribution in [0.25, 0.3) is 0 Å². The lowest BCUT2D eigenvalue weighted by Gasteiger charge is -2.33. The van der Waals surface area contributed by atoms with Crippen LogP contribution in [0.5, 0.6) is 0 Å². The summed E-state index contributed by atoms with van der Waals surface area (Å²) in [5.41, 5.74) is -0.0501. The molecular formula is C22H32F2O4. The Morgan fingerprint density at radius 1 is 1.11 bits per heavy atom. The monoisotopic (exact) mass is 398 g/mol. The minimum Gasteiger partial charge on any atom is -0.378 e. The van der Waals surface area contributed by atoms with E-state index in [2.05, 4.69) is 6.92 Å². The van der Waals surface area contributed by atoms with Crippen LogP contribution in [0.3, 0.4) is 0 Å². The highest BCUT2D eigenvalue weighted by atomic mass is 19.1. The largest absolute Gasteiger partial charge is 0.378 e. The fourth-order valence-electron chi connectivity index (χ4n) is 3.97. The van der Waals surface area contributed by atoms with E-state index in [-0.39, 0.29) is 31.6 Å². The maximum Gasteiger partial charge on any atom is 0.272 e. The molecule has 2 aliphatic rings. The summed E-state index contributed by atoms with van der Waals surface area (Å²) >= 11 is 0. The van der Waals surface area contributed by atoms with Crippen LogP contribution in [0, 0.1) is 5.82 Å². The van der Waals surface area contributed by atoms with E-state index in [9.17, 15) is 8.78 Å². The summed E-state index contributed by atoms with van der Waals surface area (Å²) in [5, 5.41) is 0. The Bertz CT molecular complexity index is 609. The molecule has 0 aliphatic carbocycles. The highest BCUT2D eigenvalue weighted by molar-refractivity contribution is 5.27. The lowest BCUT2D eigenvalue weighted by atomic mass is 9.89. The summed E-state index contributed by atoms with van der Waals surface area (Å²) in [6, 6.07) is 5.17. The SMILES string of the molecule is CCCC1CCC(c2ccc(COC3OCC(F)(CCC)CO3)cc2F)CO1. The number of benzene rings is 1. The molecular weight excluding hydrogens is 366 g/mol. The molecule has 2 aliphatic heterocycles. The fraction of sp³-hybridized carbons (Fsp3) is 0.727. The quantitative estimate of drug-likeness (QED) is 0.600. The Morgan fingerprint density at radius 2 is 1.89 bits per heavy atom. The maximum absolute atomic E-state index is 14.6. The van der Waals surface area contributed by atoms with Crippen molar-refractivity contribution in [2.45, 2.75) is 83.1 Å². The van der Waals surface area contributed by atoms with Gasteiger partial charge in [0, 0.05) is 5.92 Å². The van der Waals surface area contributed by atoms with Gasteiger partial charge in [-0.15, -0.1) is 0 Å². The van der Waals surface area contributed by atoms with Gasteiger partial charge in [-0.05, 0) is 42.9 Å². The molecule has 2 atom stereocenters. The molecule has 3 rings (SSSR count). The van der Waals surface area contributed by atoms with Crippen molar-refractivity contribution in [3.05, 3.63) is 35.1 Å². The number of rotatable bonds is 8. The van der Waals surface area contributed by atoms with Gasteiger partial charge in [-0.1, -0.05) is 38.8 Å². The average Bonchev–Trinajstić information content (AvgIpc) is 2.69. The summed E-state index contributed by atoms with van der Waals surface area (Å²) < 4.78 is 50.9. The molecule has 1 aromatic carbocycles. The molecule has 4 nitrogen and oxygen atoms in total. The first-order valence-electron chi connectivity index (χ1n) is 10.5. The molecule has 0 radical (unpaired) electrons. The zero-order valence-corrected chi connectivity index (χ0v) is 16.9. The molecule has 6 heteroatoms. The highest BCUT2D eigenvalue weighted by Crippen LogP contribution is 2.32. The zero-order chi connectivity index (χ0) is 20.0. The van der Waals surface area contributed by atoms with E-state index < -0.39 is 12.1 Å². The highest BCUT2D eigenvalue weighted by Gasteiger charge is 2.36. The van der Waals surface area contributed by atoms with Gasteiger partial charge in [0.05, 0.1) is 32.5 Å². The summed E-state index contributed by atoms with van der Waals surface area (Å²) in [7, 11) is 0. The Hall–Kier alpha value is -1.08. The topological polar surface area (TPSA) is 36.9 Å². The van der Waals surface area contributed by atoms with Crippen LogP contribution in [0.1, 0.15) is 69.4 Å². The van der Waals surface area contributed by atoms with E-state index in [0.29, 0.717) is 30.3 Å². The lowest BCUT2D eigenvalue weighted by molar-refractivity contribution is -0.342. The second kappa shape index (κ2) is 10.1. The van der Waals surface area contributed by atoms with Crippen LogP contribution < -0.4 is 0 Å². The molecule has 0 bridgehead atoms. The first-order chi connectivity index (χ1) is 13.5. The molecule has 0 aromatic heterocycles. The van der Waals surface area contributed by atoms with E-state index in [0.717, 1.165) is 32.1 Å². The van der Waals surface area contributed by atoms with Gasteiger partial charge in [-0.2, -0.15) is 0 Å². The summed E-state index contributed by atoms with van der Waals surface area (Å²) in [6.45, 7) is 3.80. The lowest BCUT2D eigenvalue weighted by Crippen LogP contribution is -2.44. The molecule has 158 valence electrons. The Balaban J connectivity index is 1.47. The second-order valence-corrected chi connectivity index (χ2v) is 8.00. The maximum atomic E-state index is 14.6. The molecule has 2 unspecified atom stereocenters. The second-order valence-electron chi connectivity index (χ2n) is 8.00. The first-order valence-corrected chi connectivity index (χ1v) is 10.5. The third-order valence-electron chi connectivity index (χ3n) is 5.53. The number of hydrogen-bond acceptors (Lipinski definition) is 4. The van der Waals surface area contributed by atoms with Crippen molar-refractivity contribution in [2.75, 3.05) is 19.8 Å². The zero-order valence-electron chi connectivity index (χ0n) is 16.9. The van der Waals surface area contributed by atoms with E-state index in [1.165, 1.54) is 6.07 Å². The van der Waals surface area contributed by atoms with E-state index in [1.54, 1.807) is 0 Å². The molecule has 0 spiro atoms. The Kier molecular flexibility index (Phi) is 7.80. The van der Waals surface area contributed by atoms with Crippen molar-refractivity contribution in [1.82, 2.24) is 0 Å². The number of ether oxygens (including phenoxy) is 4. The standard InChI is InChI=1S/C22H32F2O4/c1-3-5-18-8-7-17(13-25-18)19-9-6-16(11-20(19)23)12-26-21-27-14-22(24,10-4-2)15-28-21/h6,9,11,17-18,21H,3-5,7-8,10,12-15H2,1-2H3. The van der Waals surface area contributed by atoms with Gasteiger partial charge in [0.15, 0.2) is 5.67 Å². The van der Waals surface area contributed by atoms with Crippen LogP contribution in [-0.4, -0.2) is 38.1 Å². The van der Waals surface area contributed by atoms with E-state index >= 15 is 0 Å². The number of halogens is 2. The van der Waals surface area contributed by atoms with Crippen molar-refractivity contribution in [2.24, 2.45) is 0 Å². The van der Waals surface area contributed by atoms with Crippen LogP contribution in [-0.2, 0) is 25.6 Å². The smallest absolute Gasteiger partial charge is 0.272 e. The van der Waals surface area contributed by atoms with Gasteiger partial charge in [0.2, 0.25) is 0 Å². The van der Waals surface area contributed by atoms with Gasteiger partial charge >= 0.3 is 0 Å². The van der Waals surface area contributed by atoms with Crippen molar-refractivity contribution >= 4 is 0 Å². The normalized spacial score (nSPS) is 31.1. The third kappa shape index (κ3) is 5.72. The Morgan fingerprint density at radius 3 is 2.50 bits per heavy atom. The first kappa shape index (κ1) is 21.6. The summed E-state index contributed by atoms with van der Waals surface area (Å²) in [6.07, 6.45) is 5.54. The summed E-state index contributed by atoms with van der Waals surface area (Å²) in [5.74, 6) is -0.135. The fourth-order valence-corrected chi connectivity index (χ4v) is 3.97. The van der Waals surface area contributed by atoms with Gasteiger partial charge in [-0.3, -0.25) is 0 Å². The summed E-state index contributed by atoms with van der Waals surface area (Å²) in [4.78, 5) is 0. The van der Waals surface area contributed by atoms with Gasteiger partial charge in [0.1, 0.15) is 5.82 Å². The number of hydrogen-bond donors (Lipinski definition) is 0. The van der Waals surface area contributed by atoms with Crippen LogP contribution in [0.2, 0.25) is 0 Å². The Labute approximate surface area is 166 Å². The molecule has 2 fully saturated rings. The molecule has 28 heavy (non-hydrogen) atoms. The molecule has 0 N–H and O–H groups in total. The molecule has 0 saturated carbocycles. The predicted molar refractivity (Wildman–Crippen MR) is 102 cm³/mol. The van der Waals surface area contributed by atoms with Crippen molar-refractivity contribution in [3.8, 4) is 0 Å². The van der Waals surface area contributed by atoms with Crippen molar-refractivity contribution < 1.29 is 27.7 Å². The van der Waals surface area contributed by atoms with Crippen LogP contribution >= 0.6 is 0 Å². The molecule has 0 amide bonds. The minimum absolute atomic E-state index is 0.0422. The molecule has 2 heterocycles. The van der Waals surface area contributed by atoms with Gasteiger partial charge in [-0.25, -0.2) is 8.78 Å². The number of alkyl halides is 1. The van der Waals surface area contributed by atoms with E-state index in [1.807, 2.05) is 19.1 Å². The van der Waals surface area contributed by atoms with Gasteiger partial charge in [0.25, 0.3) is 6.48 Å². The predicted octanol–water partition coefficient (Wildman–Crippen LogP) is 5.24. The minimum atomic E-state index is -1.44. The van der Waals surface area contributed by atoms with Gasteiger partial charge < -0.3 is 18.9 Å². The molecule has 2 saturated heterocycles. The van der Waals surface area contributed by atoms with Crippen LogP contribution in [0.4, 0.5) is 8.78 Å².